The highest BCUT2D eigenvalue weighted by Gasteiger charge is 2.08. The number of rotatable bonds is 3. The van der Waals surface area contributed by atoms with Crippen LogP contribution < -0.4 is 5.73 Å². The number of nitrogens with zero attached hydrogens (tertiary/aromatic N) is 2. The fourth-order valence-electron chi connectivity index (χ4n) is 1.64. The number of anilines is 1. The van der Waals surface area contributed by atoms with Crippen molar-refractivity contribution in [3.63, 3.8) is 0 Å². The van der Waals surface area contributed by atoms with Gasteiger partial charge in [-0.3, -0.25) is 0 Å². The topological polar surface area (TPSA) is 55.3 Å². The van der Waals surface area contributed by atoms with Gasteiger partial charge in [-0.05, 0) is 25.7 Å². The van der Waals surface area contributed by atoms with Gasteiger partial charge in [0.05, 0.1) is 6.20 Å². The Balaban J connectivity index is 2.33. The maximum atomic E-state index is 5.76. The van der Waals surface area contributed by atoms with Gasteiger partial charge < -0.3 is 15.2 Å². The van der Waals surface area contributed by atoms with Crippen LogP contribution in [0.1, 0.15) is 5.56 Å². The number of benzene rings is 1. The molecule has 0 saturated carbocycles. The van der Waals surface area contributed by atoms with Crippen molar-refractivity contribution in [1.29, 1.82) is 0 Å². The Bertz CT molecular complexity index is 477. The van der Waals surface area contributed by atoms with E-state index in [4.69, 9.17) is 10.3 Å². The predicted octanol–water partition coefficient (Wildman–Crippen LogP) is 1.99. The highest BCUT2D eigenvalue weighted by molar-refractivity contribution is 5.70. The molecule has 0 fully saturated rings. The third kappa shape index (κ3) is 2.23. The summed E-state index contributed by atoms with van der Waals surface area (Å²) in [5, 5.41) is 3.68. The van der Waals surface area contributed by atoms with Gasteiger partial charge in [-0.15, -0.1) is 0 Å². The molecule has 2 N–H and O–H groups in total. The van der Waals surface area contributed by atoms with Crippen LogP contribution in [0.4, 0.5) is 5.69 Å². The van der Waals surface area contributed by atoms with Crippen molar-refractivity contribution in [2.75, 3.05) is 19.8 Å². The van der Waals surface area contributed by atoms with Gasteiger partial charge in [0, 0.05) is 12.1 Å². The summed E-state index contributed by atoms with van der Waals surface area (Å²) in [7, 11) is 4.07. The summed E-state index contributed by atoms with van der Waals surface area (Å²) in [6.45, 7) is 0.891. The van der Waals surface area contributed by atoms with Crippen molar-refractivity contribution < 1.29 is 4.52 Å². The lowest BCUT2D eigenvalue weighted by atomic mass is 10.1. The molecule has 0 amide bonds. The van der Waals surface area contributed by atoms with Gasteiger partial charge in [0.25, 0.3) is 0 Å². The molecule has 0 aliphatic heterocycles. The molecular weight excluding hydrogens is 202 g/mol. The molecule has 0 aliphatic carbocycles. The van der Waals surface area contributed by atoms with Crippen LogP contribution in [0.15, 0.2) is 35.0 Å². The molecule has 0 aliphatic rings. The van der Waals surface area contributed by atoms with Gasteiger partial charge in [-0.25, -0.2) is 0 Å². The van der Waals surface area contributed by atoms with Crippen LogP contribution >= 0.6 is 0 Å². The standard InChI is InChI=1S/C12H15N3O/c1-15(2)8-9-4-3-5-10(6-9)12-11(13)7-14-16-12/h3-7H,8,13H2,1-2H3. The molecule has 16 heavy (non-hydrogen) atoms. The molecule has 4 nitrogen and oxygen atoms in total. The molecule has 2 aromatic rings. The van der Waals surface area contributed by atoms with E-state index in [0.717, 1.165) is 12.1 Å². The Morgan fingerprint density at radius 2 is 2.19 bits per heavy atom. The number of aromatic nitrogens is 1. The lowest BCUT2D eigenvalue weighted by Crippen LogP contribution is -2.10. The zero-order valence-electron chi connectivity index (χ0n) is 9.47. The summed E-state index contributed by atoms with van der Waals surface area (Å²) >= 11 is 0. The van der Waals surface area contributed by atoms with Crippen LogP contribution in [0, 0.1) is 0 Å². The third-order valence-corrected chi connectivity index (χ3v) is 2.29. The minimum absolute atomic E-state index is 0.571. The zero-order valence-corrected chi connectivity index (χ0v) is 9.47. The maximum Gasteiger partial charge on any atom is 0.189 e. The van der Waals surface area contributed by atoms with E-state index in [1.54, 1.807) is 0 Å². The van der Waals surface area contributed by atoms with Crippen molar-refractivity contribution in [1.82, 2.24) is 10.1 Å². The van der Waals surface area contributed by atoms with E-state index in [2.05, 4.69) is 22.2 Å². The van der Waals surface area contributed by atoms with Crippen LogP contribution in [-0.2, 0) is 6.54 Å². The Morgan fingerprint density at radius 1 is 1.38 bits per heavy atom. The minimum Gasteiger partial charge on any atom is -0.394 e. The molecule has 0 unspecified atom stereocenters. The highest BCUT2D eigenvalue weighted by Crippen LogP contribution is 2.26. The quantitative estimate of drug-likeness (QED) is 0.854. The minimum atomic E-state index is 0.571. The van der Waals surface area contributed by atoms with Crippen LogP contribution in [0.2, 0.25) is 0 Å². The monoisotopic (exact) mass is 217 g/mol. The van der Waals surface area contributed by atoms with E-state index in [-0.39, 0.29) is 0 Å². The molecule has 1 aromatic carbocycles. The fourth-order valence-corrected chi connectivity index (χ4v) is 1.64. The summed E-state index contributed by atoms with van der Waals surface area (Å²) < 4.78 is 5.12. The normalized spacial score (nSPS) is 10.9. The molecule has 2 rings (SSSR count). The predicted molar refractivity (Wildman–Crippen MR) is 63.7 cm³/mol. The average molecular weight is 217 g/mol. The van der Waals surface area contributed by atoms with Crippen molar-refractivity contribution in [2.45, 2.75) is 6.54 Å². The average Bonchev–Trinajstić information content (AvgIpc) is 2.64. The second-order valence-electron chi connectivity index (χ2n) is 4.05. The van der Waals surface area contributed by atoms with E-state index in [9.17, 15) is 0 Å². The fraction of sp³-hybridized carbons (Fsp3) is 0.250. The molecule has 0 radical (unpaired) electrons. The first kappa shape index (κ1) is 10.7. The van der Waals surface area contributed by atoms with Crippen LogP contribution in [0.3, 0.4) is 0 Å². The highest BCUT2D eigenvalue weighted by atomic mass is 16.5. The van der Waals surface area contributed by atoms with Gasteiger partial charge in [0.1, 0.15) is 5.69 Å². The second kappa shape index (κ2) is 4.37. The molecule has 0 spiro atoms. The van der Waals surface area contributed by atoms with Crippen LogP contribution in [0.25, 0.3) is 11.3 Å². The summed E-state index contributed by atoms with van der Waals surface area (Å²) in [5.41, 5.74) is 8.52. The van der Waals surface area contributed by atoms with Crippen molar-refractivity contribution in [3.05, 3.63) is 36.0 Å². The molecule has 4 heteroatoms. The second-order valence-corrected chi connectivity index (χ2v) is 4.05. The first-order valence-corrected chi connectivity index (χ1v) is 5.11. The van der Waals surface area contributed by atoms with Crippen molar-refractivity contribution in [3.8, 4) is 11.3 Å². The summed E-state index contributed by atoms with van der Waals surface area (Å²) in [6.07, 6.45) is 1.52. The van der Waals surface area contributed by atoms with Crippen LogP contribution in [0.5, 0.6) is 0 Å². The lowest BCUT2D eigenvalue weighted by molar-refractivity contribution is 0.402. The van der Waals surface area contributed by atoms with Crippen molar-refractivity contribution >= 4 is 5.69 Å². The van der Waals surface area contributed by atoms with Gasteiger partial charge in [0.2, 0.25) is 0 Å². The Hall–Kier alpha value is -1.81. The van der Waals surface area contributed by atoms with E-state index in [1.165, 1.54) is 11.8 Å². The van der Waals surface area contributed by atoms with Gasteiger partial charge in [-0.2, -0.15) is 0 Å². The molecule has 0 saturated heterocycles. The SMILES string of the molecule is CN(C)Cc1cccc(-c2oncc2N)c1. The van der Waals surface area contributed by atoms with Crippen molar-refractivity contribution in [2.24, 2.45) is 0 Å². The Morgan fingerprint density at radius 3 is 2.81 bits per heavy atom. The first-order valence-electron chi connectivity index (χ1n) is 5.11. The molecule has 0 atom stereocenters. The van der Waals surface area contributed by atoms with Crippen LogP contribution in [-0.4, -0.2) is 24.2 Å². The van der Waals surface area contributed by atoms with Gasteiger partial charge in [-0.1, -0.05) is 23.4 Å². The van der Waals surface area contributed by atoms with Gasteiger partial charge in [0.15, 0.2) is 5.76 Å². The number of hydrogen-bond acceptors (Lipinski definition) is 4. The largest absolute Gasteiger partial charge is 0.394 e. The van der Waals surface area contributed by atoms with E-state index >= 15 is 0 Å². The smallest absolute Gasteiger partial charge is 0.189 e. The number of nitrogens with two attached hydrogens (primary N) is 1. The van der Waals surface area contributed by atoms with Gasteiger partial charge >= 0.3 is 0 Å². The summed E-state index contributed by atoms with van der Waals surface area (Å²) in [4.78, 5) is 2.11. The molecule has 84 valence electrons. The Kier molecular flexibility index (Phi) is 2.92. The molecular formula is C12H15N3O. The first-order chi connectivity index (χ1) is 7.66. The van der Waals surface area contributed by atoms with E-state index in [0.29, 0.717) is 11.4 Å². The lowest BCUT2D eigenvalue weighted by Gasteiger charge is -2.10. The van der Waals surface area contributed by atoms with E-state index < -0.39 is 0 Å². The zero-order chi connectivity index (χ0) is 11.5. The summed E-state index contributed by atoms with van der Waals surface area (Å²) in [6, 6.07) is 8.11. The maximum absolute atomic E-state index is 5.76. The molecule has 1 aromatic heterocycles. The molecule has 0 bridgehead atoms. The number of hydrogen-bond donors (Lipinski definition) is 1. The number of nitrogen functional groups attached to an aromatic ring is 1. The Labute approximate surface area is 94.6 Å². The summed E-state index contributed by atoms with van der Waals surface area (Å²) in [5.74, 6) is 0.639. The van der Waals surface area contributed by atoms with E-state index in [1.807, 2.05) is 26.2 Å². The molecule has 1 heterocycles. The third-order valence-electron chi connectivity index (χ3n) is 2.29.